The third kappa shape index (κ3) is 4.55. The second-order valence-electron chi connectivity index (χ2n) is 16.6. The molecule has 14 rings (SSSR count). The van der Waals surface area contributed by atoms with Crippen LogP contribution in [0.5, 0.6) is 0 Å². The molecule has 0 saturated heterocycles. The van der Waals surface area contributed by atoms with Crippen LogP contribution in [-0.4, -0.2) is 20.4 Å². The molecule has 62 heavy (non-hydrogen) atoms. The van der Waals surface area contributed by atoms with Gasteiger partial charge in [-0.3, -0.25) is 0 Å². The lowest BCUT2D eigenvalue weighted by Crippen LogP contribution is -1.93. The van der Waals surface area contributed by atoms with E-state index in [4.69, 9.17) is 0 Å². The molecule has 2 aromatic heterocycles. The van der Waals surface area contributed by atoms with Crippen molar-refractivity contribution in [3.63, 3.8) is 0 Å². The monoisotopic (exact) mass is 784 g/mol. The van der Waals surface area contributed by atoms with Gasteiger partial charge in [0, 0.05) is 11.1 Å². The molecule has 0 radical (unpaired) electrons. The summed E-state index contributed by atoms with van der Waals surface area (Å²) < 4.78 is 0. The molecule has 0 spiro atoms. The first-order valence-corrected chi connectivity index (χ1v) is 21.1. The summed E-state index contributed by atoms with van der Waals surface area (Å²) in [6.07, 6.45) is 7.42. The van der Waals surface area contributed by atoms with Crippen molar-refractivity contribution in [1.29, 1.82) is 0 Å². The zero-order valence-electron chi connectivity index (χ0n) is 33.3. The first-order chi connectivity index (χ1) is 30.8. The molecule has 0 atom stereocenters. The molecule has 2 heterocycles. The molecule has 0 N–H and O–H groups in total. The van der Waals surface area contributed by atoms with Crippen molar-refractivity contribution in [2.45, 2.75) is 0 Å². The minimum absolute atomic E-state index is 1.04. The average Bonchev–Trinajstić information content (AvgIpc) is 3.84. The van der Waals surface area contributed by atoms with E-state index in [1.807, 2.05) is 18.6 Å². The number of nitrogens with zero attached hydrogens (tertiary/aromatic N) is 4. The highest BCUT2D eigenvalue weighted by Gasteiger charge is 2.30. The van der Waals surface area contributed by atoms with E-state index in [1.54, 1.807) is 6.20 Å². The van der Waals surface area contributed by atoms with Gasteiger partial charge in [0.25, 0.3) is 0 Å². The predicted molar refractivity (Wildman–Crippen MR) is 256 cm³/mol. The molecule has 10 aromatic carbocycles. The van der Waals surface area contributed by atoms with Crippen LogP contribution in [0, 0.1) is 0 Å². The zero-order valence-corrected chi connectivity index (χ0v) is 33.3. The Labute approximate surface area is 356 Å². The summed E-state index contributed by atoms with van der Waals surface area (Å²) in [4.78, 5) is 0. The fourth-order valence-electron chi connectivity index (χ4n) is 11.0. The number of hydrogen-bond donors (Lipinski definition) is 0. The van der Waals surface area contributed by atoms with Gasteiger partial charge in [-0.1, -0.05) is 133 Å². The number of aromatic nitrogens is 4. The van der Waals surface area contributed by atoms with Crippen molar-refractivity contribution in [2.75, 3.05) is 0 Å². The van der Waals surface area contributed by atoms with Gasteiger partial charge in [0.2, 0.25) is 0 Å². The van der Waals surface area contributed by atoms with Crippen LogP contribution in [-0.2, 0) is 0 Å². The Morgan fingerprint density at radius 3 is 1.39 bits per heavy atom. The molecule has 4 nitrogen and oxygen atoms in total. The van der Waals surface area contributed by atoms with E-state index in [0.717, 1.165) is 16.7 Å². The van der Waals surface area contributed by atoms with E-state index in [9.17, 15) is 0 Å². The van der Waals surface area contributed by atoms with Crippen LogP contribution in [0.25, 0.3) is 143 Å². The Hall–Kier alpha value is -8.34. The first-order valence-electron chi connectivity index (χ1n) is 21.1. The Morgan fingerprint density at radius 2 is 0.726 bits per heavy atom. The molecule has 4 heteroatoms. The van der Waals surface area contributed by atoms with Crippen LogP contribution in [0.2, 0.25) is 0 Å². The molecule has 0 amide bonds. The standard InChI is InChI=1S/C58H32N4/c1-3-9-33(10-4-1)37-17-20-45-51-29-53-47(35-23-25-59-61-31-35)27-48-39(49(53)28-50(51)42-15-7-13-40(37)56(42)45)19-21-44-52(48)30-54-43-16-8-14-41-38(34-11-5-2-6-12-34)18-22-46(57(41)43)58(54)55(44)36-24-26-60-62-32-36/h1-32H. The highest BCUT2D eigenvalue weighted by atomic mass is 15.1. The molecule has 0 aliphatic heterocycles. The molecule has 2 aliphatic carbocycles. The van der Waals surface area contributed by atoms with Crippen molar-refractivity contribution in [1.82, 2.24) is 20.4 Å². The molecule has 0 unspecified atom stereocenters. The Balaban J connectivity index is 1.09. The van der Waals surface area contributed by atoms with Crippen LogP contribution in [0.4, 0.5) is 0 Å². The topological polar surface area (TPSA) is 51.6 Å². The number of fused-ring (bicyclic) bond motifs is 11. The van der Waals surface area contributed by atoms with E-state index in [-0.39, 0.29) is 0 Å². The van der Waals surface area contributed by atoms with E-state index in [2.05, 4.69) is 190 Å². The van der Waals surface area contributed by atoms with Gasteiger partial charge in [0.15, 0.2) is 0 Å². The van der Waals surface area contributed by atoms with Gasteiger partial charge >= 0.3 is 0 Å². The van der Waals surface area contributed by atoms with Gasteiger partial charge < -0.3 is 0 Å². The van der Waals surface area contributed by atoms with Crippen LogP contribution >= 0.6 is 0 Å². The normalized spacial score (nSPS) is 12.2. The van der Waals surface area contributed by atoms with Crippen LogP contribution in [0.1, 0.15) is 0 Å². The largest absolute Gasteiger partial charge is 0.159 e. The van der Waals surface area contributed by atoms with Gasteiger partial charge in [-0.05, 0) is 168 Å². The Kier molecular flexibility index (Phi) is 6.80. The van der Waals surface area contributed by atoms with E-state index in [0.29, 0.717) is 0 Å². The summed E-state index contributed by atoms with van der Waals surface area (Å²) in [5.41, 5.74) is 19.4. The lowest BCUT2D eigenvalue weighted by atomic mass is 9.84. The molecule has 0 fully saturated rings. The van der Waals surface area contributed by atoms with E-state index < -0.39 is 0 Å². The summed E-state index contributed by atoms with van der Waals surface area (Å²) in [7, 11) is 0. The van der Waals surface area contributed by atoms with Gasteiger partial charge in [0.1, 0.15) is 0 Å². The van der Waals surface area contributed by atoms with Crippen LogP contribution in [0.15, 0.2) is 195 Å². The fraction of sp³-hybridized carbons (Fsp3) is 0. The molecular weight excluding hydrogens is 753 g/mol. The van der Waals surface area contributed by atoms with Crippen molar-refractivity contribution in [2.24, 2.45) is 0 Å². The highest BCUT2D eigenvalue weighted by Crippen LogP contribution is 2.57. The highest BCUT2D eigenvalue weighted by molar-refractivity contribution is 6.30. The summed E-state index contributed by atoms with van der Waals surface area (Å²) in [5.74, 6) is 0. The molecule has 0 bridgehead atoms. The van der Waals surface area contributed by atoms with Crippen molar-refractivity contribution in [3.05, 3.63) is 195 Å². The summed E-state index contributed by atoms with van der Waals surface area (Å²) in [6, 6.07) is 62.9. The van der Waals surface area contributed by atoms with Crippen LogP contribution in [0.3, 0.4) is 0 Å². The quantitative estimate of drug-likeness (QED) is 0.167. The molecule has 12 aromatic rings. The molecule has 2 aliphatic rings. The van der Waals surface area contributed by atoms with E-state index >= 15 is 0 Å². The SMILES string of the molecule is c1ccc(-c2ccc3c4c(cccc24)-c2cc4c(cc2-3)c(-c2ccnnc2)cc2c3cc5c(c(-c6ccnnc6)c3ccc42)-c2ccc(-c3ccccc3)c3cccc-5c23)cc1. The number of rotatable bonds is 4. The predicted octanol–water partition coefficient (Wildman–Crippen LogP) is 15.0. The second kappa shape index (κ2) is 12.6. The Morgan fingerprint density at radius 1 is 0.226 bits per heavy atom. The maximum absolute atomic E-state index is 4.43. The number of benzene rings is 10. The zero-order chi connectivity index (χ0) is 40.5. The van der Waals surface area contributed by atoms with Gasteiger partial charge in [-0.25, -0.2) is 0 Å². The number of hydrogen-bond acceptors (Lipinski definition) is 4. The lowest BCUT2D eigenvalue weighted by molar-refractivity contribution is 1.03. The Bertz CT molecular complexity index is 3880. The third-order valence-corrected chi connectivity index (χ3v) is 13.6. The summed E-state index contributed by atoms with van der Waals surface area (Å²) in [6.45, 7) is 0. The average molecular weight is 785 g/mol. The minimum atomic E-state index is 1.04. The maximum Gasteiger partial charge on any atom is 0.0575 e. The maximum atomic E-state index is 4.43. The molecule has 0 saturated carbocycles. The van der Waals surface area contributed by atoms with E-state index in [1.165, 1.54) is 126 Å². The van der Waals surface area contributed by atoms with Crippen LogP contribution < -0.4 is 0 Å². The van der Waals surface area contributed by atoms with Crippen molar-refractivity contribution < 1.29 is 0 Å². The summed E-state index contributed by atoms with van der Waals surface area (Å²) in [5, 5.41) is 29.6. The second-order valence-corrected chi connectivity index (χ2v) is 16.6. The first kappa shape index (κ1) is 33.5. The summed E-state index contributed by atoms with van der Waals surface area (Å²) >= 11 is 0. The van der Waals surface area contributed by atoms with Gasteiger partial charge in [0.05, 0.1) is 24.8 Å². The third-order valence-electron chi connectivity index (χ3n) is 13.6. The fourth-order valence-corrected chi connectivity index (χ4v) is 11.0. The van der Waals surface area contributed by atoms with Gasteiger partial charge in [-0.15, -0.1) is 0 Å². The molecular formula is C58H32N4. The lowest BCUT2D eigenvalue weighted by Gasteiger charge is -2.19. The smallest absolute Gasteiger partial charge is 0.0575 e. The van der Waals surface area contributed by atoms with Gasteiger partial charge in [-0.2, -0.15) is 20.4 Å². The van der Waals surface area contributed by atoms with Crippen molar-refractivity contribution >= 4 is 53.9 Å². The molecule has 284 valence electrons. The van der Waals surface area contributed by atoms with Crippen molar-refractivity contribution in [3.8, 4) is 89.0 Å². The minimum Gasteiger partial charge on any atom is -0.159 e.